The van der Waals surface area contributed by atoms with Crippen LogP contribution in [0.4, 0.5) is 0 Å². The van der Waals surface area contributed by atoms with E-state index in [1.165, 1.54) is 289 Å². The summed E-state index contributed by atoms with van der Waals surface area (Å²) in [5, 5.41) is 0. The highest BCUT2D eigenvalue weighted by Crippen LogP contribution is 2.18. The molecule has 0 aliphatic rings. The second-order valence-corrected chi connectivity index (χ2v) is 17.9. The van der Waals surface area contributed by atoms with Crippen LogP contribution >= 0.6 is 0 Å². The van der Waals surface area contributed by atoms with Gasteiger partial charge in [-0.1, -0.05) is 303 Å². The second-order valence-electron chi connectivity index (χ2n) is 17.9. The standard InChI is InChI=1S/C52H104O2/c1-3-5-7-9-11-13-15-16-17-18-19-20-21-22-23-24-25-26-27-28-29-30-31-32-33-34-35-36-37-38-39-40-41-42-44-46-48-50-52(53)54-51-49-47-45-43-14-12-10-8-6-4-2/h3-51H2,1-2H3. The molecule has 0 aromatic heterocycles. The van der Waals surface area contributed by atoms with Crippen LogP contribution in [0, 0.1) is 0 Å². The summed E-state index contributed by atoms with van der Waals surface area (Å²) in [7, 11) is 0. The molecule has 0 bridgehead atoms. The van der Waals surface area contributed by atoms with Crippen molar-refractivity contribution in [3.63, 3.8) is 0 Å². The van der Waals surface area contributed by atoms with E-state index in [4.69, 9.17) is 4.74 Å². The summed E-state index contributed by atoms with van der Waals surface area (Å²) in [5.74, 6) is 0.0298. The fourth-order valence-corrected chi connectivity index (χ4v) is 8.38. The number of hydrogen-bond acceptors (Lipinski definition) is 2. The van der Waals surface area contributed by atoms with Crippen molar-refractivity contribution < 1.29 is 9.53 Å². The molecule has 0 fully saturated rings. The predicted molar refractivity (Wildman–Crippen MR) is 244 cm³/mol. The third-order valence-electron chi connectivity index (χ3n) is 12.2. The first-order valence-electron chi connectivity index (χ1n) is 26.0. The quantitative estimate of drug-likeness (QED) is 0.0456. The first kappa shape index (κ1) is 53.5. The number of ether oxygens (including phenoxy) is 1. The van der Waals surface area contributed by atoms with E-state index in [0.29, 0.717) is 13.0 Å². The summed E-state index contributed by atoms with van der Waals surface area (Å²) in [5.41, 5.74) is 0. The average Bonchev–Trinajstić information content (AvgIpc) is 3.18. The van der Waals surface area contributed by atoms with E-state index in [1.807, 2.05) is 0 Å². The second kappa shape index (κ2) is 50.5. The lowest BCUT2D eigenvalue weighted by molar-refractivity contribution is -0.143. The summed E-state index contributed by atoms with van der Waals surface area (Å²) in [6.45, 7) is 5.22. The monoisotopic (exact) mass is 761 g/mol. The van der Waals surface area contributed by atoms with Crippen LogP contribution in [0.5, 0.6) is 0 Å². The highest BCUT2D eigenvalue weighted by molar-refractivity contribution is 5.69. The van der Waals surface area contributed by atoms with Gasteiger partial charge in [-0.05, 0) is 12.8 Å². The molecule has 0 saturated carbocycles. The number of rotatable bonds is 49. The molecule has 0 amide bonds. The van der Waals surface area contributed by atoms with Gasteiger partial charge in [-0.15, -0.1) is 0 Å². The van der Waals surface area contributed by atoms with Crippen LogP contribution < -0.4 is 0 Å². The van der Waals surface area contributed by atoms with Crippen LogP contribution in [0.3, 0.4) is 0 Å². The van der Waals surface area contributed by atoms with Gasteiger partial charge < -0.3 is 4.74 Å². The molecule has 0 spiro atoms. The molecule has 2 heteroatoms. The van der Waals surface area contributed by atoms with E-state index in [1.54, 1.807) is 0 Å². The van der Waals surface area contributed by atoms with Crippen molar-refractivity contribution in [3.05, 3.63) is 0 Å². The highest BCUT2D eigenvalue weighted by Gasteiger charge is 2.03. The Kier molecular flexibility index (Phi) is 50.0. The molecule has 0 atom stereocenters. The molecule has 2 nitrogen and oxygen atoms in total. The first-order valence-corrected chi connectivity index (χ1v) is 26.0. The van der Waals surface area contributed by atoms with Crippen LogP contribution in [0.2, 0.25) is 0 Å². The van der Waals surface area contributed by atoms with Crippen molar-refractivity contribution >= 4 is 5.97 Å². The molecule has 0 aromatic carbocycles. The van der Waals surface area contributed by atoms with Gasteiger partial charge in [0.05, 0.1) is 6.61 Å². The molecular weight excluding hydrogens is 657 g/mol. The zero-order chi connectivity index (χ0) is 38.9. The Labute approximate surface area is 343 Å². The van der Waals surface area contributed by atoms with Gasteiger partial charge in [0.15, 0.2) is 0 Å². The Hall–Kier alpha value is -0.530. The van der Waals surface area contributed by atoms with Gasteiger partial charge in [-0.3, -0.25) is 4.79 Å². The van der Waals surface area contributed by atoms with Crippen molar-refractivity contribution in [2.24, 2.45) is 0 Å². The van der Waals surface area contributed by atoms with Gasteiger partial charge in [-0.25, -0.2) is 0 Å². The largest absolute Gasteiger partial charge is 0.466 e. The van der Waals surface area contributed by atoms with Crippen LogP contribution in [0.15, 0.2) is 0 Å². The maximum atomic E-state index is 12.0. The zero-order valence-electron chi connectivity index (χ0n) is 38.0. The molecule has 324 valence electrons. The maximum absolute atomic E-state index is 12.0. The lowest BCUT2D eigenvalue weighted by atomic mass is 10.0. The molecular formula is C52H104O2. The summed E-state index contributed by atoms with van der Waals surface area (Å²) in [6.07, 6.45) is 67.0. The summed E-state index contributed by atoms with van der Waals surface area (Å²) in [4.78, 5) is 12.0. The third kappa shape index (κ3) is 49.5. The first-order chi connectivity index (χ1) is 26.8. The fourth-order valence-electron chi connectivity index (χ4n) is 8.38. The topological polar surface area (TPSA) is 26.3 Å². The molecule has 0 aliphatic carbocycles. The molecule has 0 aromatic rings. The Morgan fingerprint density at radius 3 is 0.611 bits per heavy atom. The SMILES string of the molecule is CCCCCCCCCCCCCCCCCCCCCCCCCCCCCCCCCCCCCCCC(=O)OCCCCCCCCCCCC. The van der Waals surface area contributed by atoms with Gasteiger partial charge >= 0.3 is 5.97 Å². The lowest BCUT2D eigenvalue weighted by Crippen LogP contribution is -2.05. The maximum Gasteiger partial charge on any atom is 0.305 e. The van der Waals surface area contributed by atoms with Crippen molar-refractivity contribution in [3.8, 4) is 0 Å². The Morgan fingerprint density at radius 1 is 0.241 bits per heavy atom. The molecule has 0 aliphatic heterocycles. The molecule has 54 heavy (non-hydrogen) atoms. The van der Waals surface area contributed by atoms with E-state index in [9.17, 15) is 4.79 Å². The molecule has 0 saturated heterocycles. The van der Waals surface area contributed by atoms with E-state index >= 15 is 0 Å². The van der Waals surface area contributed by atoms with Gasteiger partial charge in [0.1, 0.15) is 0 Å². The Morgan fingerprint density at radius 2 is 0.407 bits per heavy atom. The normalized spacial score (nSPS) is 11.5. The summed E-state index contributed by atoms with van der Waals surface area (Å²) < 4.78 is 5.45. The van der Waals surface area contributed by atoms with E-state index in [-0.39, 0.29) is 5.97 Å². The van der Waals surface area contributed by atoms with Gasteiger partial charge in [0.2, 0.25) is 0 Å². The third-order valence-corrected chi connectivity index (χ3v) is 12.2. The number of hydrogen-bond donors (Lipinski definition) is 0. The smallest absolute Gasteiger partial charge is 0.305 e. The molecule has 0 unspecified atom stereocenters. The van der Waals surface area contributed by atoms with Gasteiger partial charge in [0.25, 0.3) is 0 Å². The minimum atomic E-state index is 0.0298. The van der Waals surface area contributed by atoms with Crippen LogP contribution in [-0.2, 0) is 9.53 Å². The number of esters is 1. The Bertz CT molecular complexity index is 659. The van der Waals surface area contributed by atoms with Crippen molar-refractivity contribution in [2.45, 2.75) is 322 Å². The van der Waals surface area contributed by atoms with Crippen LogP contribution in [0.25, 0.3) is 0 Å². The lowest BCUT2D eigenvalue weighted by Gasteiger charge is -2.06. The zero-order valence-corrected chi connectivity index (χ0v) is 38.0. The molecule has 0 rings (SSSR count). The van der Waals surface area contributed by atoms with Crippen LogP contribution in [0.1, 0.15) is 322 Å². The summed E-state index contributed by atoms with van der Waals surface area (Å²) in [6, 6.07) is 0. The van der Waals surface area contributed by atoms with E-state index in [2.05, 4.69) is 13.8 Å². The number of unbranched alkanes of at least 4 members (excludes halogenated alkanes) is 45. The van der Waals surface area contributed by atoms with E-state index in [0.717, 1.165) is 12.8 Å². The average molecular weight is 761 g/mol. The predicted octanol–water partition coefficient (Wildman–Crippen LogP) is 19.3. The van der Waals surface area contributed by atoms with Gasteiger partial charge in [0, 0.05) is 6.42 Å². The minimum Gasteiger partial charge on any atom is -0.466 e. The van der Waals surface area contributed by atoms with Gasteiger partial charge in [-0.2, -0.15) is 0 Å². The number of carbonyl (C=O) groups is 1. The van der Waals surface area contributed by atoms with Crippen molar-refractivity contribution in [1.82, 2.24) is 0 Å². The summed E-state index contributed by atoms with van der Waals surface area (Å²) >= 11 is 0. The van der Waals surface area contributed by atoms with Crippen molar-refractivity contribution in [1.29, 1.82) is 0 Å². The number of carbonyl (C=O) groups excluding carboxylic acids is 1. The highest BCUT2D eigenvalue weighted by atomic mass is 16.5. The molecule has 0 N–H and O–H groups in total. The minimum absolute atomic E-state index is 0.0298. The van der Waals surface area contributed by atoms with Crippen LogP contribution in [-0.4, -0.2) is 12.6 Å². The van der Waals surface area contributed by atoms with E-state index < -0.39 is 0 Å². The van der Waals surface area contributed by atoms with Crippen molar-refractivity contribution in [2.75, 3.05) is 6.61 Å². The fraction of sp³-hybridized carbons (Fsp3) is 0.981. The Balaban J connectivity index is 3.11. The molecule has 0 heterocycles. The molecule has 0 radical (unpaired) electrons.